The van der Waals surface area contributed by atoms with Crippen LogP contribution < -0.4 is 10.3 Å². The molecule has 0 fully saturated rings. The normalized spacial score (nSPS) is 11.3. The van der Waals surface area contributed by atoms with Crippen LogP contribution in [-0.2, 0) is 13.1 Å². The lowest BCUT2D eigenvalue weighted by Gasteiger charge is -2.09. The second-order valence-electron chi connectivity index (χ2n) is 7.81. The van der Waals surface area contributed by atoms with Crippen molar-refractivity contribution in [3.8, 4) is 5.75 Å². The minimum absolute atomic E-state index is 0.0925. The maximum atomic E-state index is 13.6. The van der Waals surface area contributed by atoms with Crippen molar-refractivity contribution in [2.45, 2.75) is 20.0 Å². The molecule has 154 valence electrons. The average Bonchev–Trinajstić information content (AvgIpc) is 3.10. The fourth-order valence-electron chi connectivity index (χ4n) is 4.18. The van der Waals surface area contributed by atoms with E-state index in [4.69, 9.17) is 4.74 Å². The molecule has 3 aromatic carbocycles. The molecule has 0 atom stereocenters. The van der Waals surface area contributed by atoms with Gasteiger partial charge in [0.1, 0.15) is 11.3 Å². The first-order valence-electron chi connectivity index (χ1n) is 10.3. The van der Waals surface area contributed by atoms with E-state index in [1.807, 2.05) is 61.5 Å². The van der Waals surface area contributed by atoms with E-state index in [2.05, 4.69) is 27.9 Å². The van der Waals surface area contributed by atoms with Crippen molar-refractivity contribution in [2.24, 2.45) is 0 Å². The molecule has 0 aliphatic carbocycles. The number of fused-ring (bicyclic) bond motifs is 3. The molecular weight excluding hydrogens is 386 g/mol. The largest absolute Gasteiger partial charge is 0.497 e. The molecule has 5 rings (SSSR count). The molecule has 0 aliphatic rings. The highest BCUT2D eigenvalue weighted by atomic mass is 16.5. The van der Waals surface area contributed by atoms with Crippen LogP contribution in [0.4, 0.5) is 0 Å². The van der Waals surface area contributed by atoms with Gasteiger partial charge in [0.2, 0.25) is 0 Å². The second-order valence-corrected chi connectivity index (χ2v) is 7.81. The summed E-state index contributed by atoms with van der Waals surface area (Å²) in [4.78, 5) is 13.6. The summed E-state index contributed by atoms with van der Waals surface area (Å²) in [7, 11) is 1.65. The van der Waals surface area contributed by atoms with Crippen molar-refractivity contribution in [2.75, 3.05) is 7.11 Å². The van der Waals surface area contributed by atoms with Crippen LogP contribution in [0.1, 0.15) is 16.7 Å². The van der Waals surface area contributed by atoms with Crippen LogP contribution in [0.2, 0.25) is 0 Å². The lowest BCUT2D eigenvalue weighted by atomic mass is 10.1. The zero-order valence-corrected chi connectivity index (χ0v) is 17.6. The van der Waals surface area contributed by atoms with E-state index in [1.54, 1.807) is 18.0 Å². The first-order valence-corrected chi connectivity index (χ1v) is 10.3. The van der Waals surface area contributed by atoms with Gasteiger partial charge in [0.15, 0.2) is 0 Å². The molecule has 31 heavy (non-hydrogen) atoms. The second kappa shape index (κ2) is 7.76. The molecule has 0 spiro atoms. The quantitative estimate of drug-likeness (QED) is 0.420. The Hall–Kier alpha value is -3.86. The summed E-state index contributed by atoms with van der Waals surface area (Å²) in [5.74, 6) is 0.759. The highest BCUT2D eigenvalue weighted by Gasteiger charge is 2.17. The lowest BCUT2D eigenvalue weighted by molar-refractivity contribution is 0.415. The zero-order valence-electron chi connectivity index (χ0n) is 17.6. The van der Waals surface area contributed by atoms with E-state index in [9.17, 15) is 4.79 Å². The van der Waals surface area contributed by atoms with Crippen LogP contribution in [0, 0.1) is 6.92 Å². The van der Waals surface area contributed by atoms with E-state index in [0.717, 1.165) is 38.7 Å². The Morgan fingerprint density at radius 1 is 0.871 bits per heavy atom. The first-order chi connectivity index (χ1) is 15.1. The van der Waals surface area contributed by atoms with Crippen molar-refractivity contribution >= 4 is 21.8 Å². The molecule has 2 heterocycles. The highest BCUT2D eigenvalue weighted by molar-refractivity contribution is 6.07. The SMILES string of the molecule is COc1ccc2c(c1)c1cnn(Cc3cccc(C)c3)c(=O)c1n2Cc1ccccc1. The smallest absolute Gasteiger partial charge is 0.291 e. The minimum Gasteiger partial charge on any atom is -0.497 e. The predicted molar refractivity (Wildman–Crippen MR) is 124 cm³/mol. The van der Waals surface area contributed by atoms with E-state index < -0.39 is 0 Å². The van der Waals surface area contributed by atoms with Crippen molar-refractivity contribution in [1.29, 1.82) is 0 Å². The van der Waals surface area contributed by atoms with Gasteiger partial charge < -0.3 is 9.30 Å². The van der Waals surface area contributed by atoms with E-state index in [1.165, 1.54) is 0 Å². The maximum absolute atomic E-state index is 13.6. The van der Waals surface area contributed by atoms with Crippen LogP contribution in [0.3, 0.4) is 0 Å². The van der Waals surface area contributed by atoms with Gasteiger partial charge >= 0.3 is 0 Å². The Morgan fingerprint density at radius 2 is 1.68 bits per heavy atom. The lowest BCUT2D eigenvalue weighted by Crippen LogP contribution is -2.25. The number of hydrogen-bond donors (Lipinski definition) is 0. The van der Waals surface area contributed by atoms with Crippen LogP contribution in [0.25, 0.3) is 21.8 Å². The third kappa shape index (κ3) is 3.48. The topological polar surface area (TPSA) is 49.1 Å². The molecule has 0 saturated carbocycles. The van der Waals surface area contributed by atoms with Crippen molar-refractivity contribution in [3.05, 3.63) is 106 Å². The van der Waals surface area contributed by atoms with Gasteiger partial charge in [-0.05, 0) is 36.2 Å². The number of rotatable bonds is 5. The average molecular weight is 409 g/mol. The van der Waals surface area contributed by atoms with Gasteiger partial charge in [0, 0.05) is 22.8 Å². The zero-order chi connectivity index (χ0) is 21.4. The molecule has 5 heteroatoms. The molecule has 0 saturated heterocycles. The molecule has 0 aliphatic heterocycles. The van der Waals surface area contributed by atoms with Gasteiger partial charge in [-0.15, -0.1) is 0 Å². The Bertz CT molecular complexity index is 1450. The van der Waals surface area contributed by atoms with Gasteiger partial charge in [-0.25, -0.2) is 4.68 Å². The molecule has 5 nitrogen and oxygen atoms in total. The number of benzene rings is 3. The van der Waals surface area contributed by atoms with Gasteiger partial charge in [-0.3, -0.25) is 4.79 Å². The molecule has 0 N–H and O–H groups in total. The Balaban J connectivity index is 1.73. The standard InChI is InChI=1S/C26H23N3O2/c1-18-7-6-10-20(13-18)17-29-26(30)25-23(15-27-29)22-14-21(31-2)11-12-24(22)28(25)16-19-8-4-3-5-9-19/h3-15H,16-17H2,1-2H3. The number of methoxy groups -OCH3 is 1. The summed E-state index contributed by atoms with van der Waals surface area (Å²) in [5.41, 5.74) is 4.92. The van der Waals surface area contributed by atoms with Crippen molar-refractivity contribution in [3.63, 3.8) is 0 Å². The number of nitrogens with zero attached hydrogens (tertiary/aromatic N) is 3. The molecule has 0 amide bonds. The number of aryl methyl sites for hydroxylation is 1. The van der Waals surface area contributed by atoms with Crippen molar-refractivity contribution < 1.29 is 4.74 Å². The molecule has 5 aromatic rings. The van der Waals surface area contributed by atoms with Crippen LogP contribution >= 0.6 is 0 Å². The third-order valence-corrected chi connectivity index (χ3v) is 5.67. The third-order valence-electron chi connectivity index (χ3n) is 5.67. The summed E-state index contributed by atoms with van der Waals surface area (Å²) in [6.45, 7) is 3.09. The number of ether oxygens (including phenoxy) is 1. The Labute approximate surface area is 180 Å². The Kier molecular flexibility index (Phi) is 4.79. The molecule has 0 bridgehead atoms. The fourth-order valence-corrected chi connectivity index (χ4v) is 4.18. The Morgan fingerprint density at radius 3 is 2.45 bits per heavy atom. The fraction of sp³-hybridized carbons (Fsp3) is 0.154. The summed E-state index contributed by atoms with van der Waals surface area (Å²) in [5, 5.41) is 6.32. The monoisotopic (exact) mass is 409 g/mol. The van der Waals surface area contributed by atoms with Gasteiger partial charge in [0.05, 0.1) is 19.9 Å². The predicted octanol–water partition coefficient (Wildman–Crippen LogP) is 4.76. The van der Waals surface area contributed by atoms with Crippen molar-refractivity contribution in [1.82, 2.24) is 14.3 Å². The molecule has 2 aromatic heterocycles. The number of aromatic nitrogens is 3. The van der Waals surface area contributed by atoms with Crippen LogP contribution in [0.15, 0.2) is 83.8 Å². The van der Waals surface area contributed by atoms with E-state index >= 15 is 0 Å². The highest BCUT2D eigenvalue weighted by Crippen LogP contribution is 2.30. The van der Waals surface area contributed by atoms with Gasteiger partial charge in [-0.1, -0.05) is 60.2 Å². The maximum Gasteiger partial charge on any atom is 0.291 e. The van der Waals surface area contributed by atoms with E-state index in [-0.39, 0.29) is 5.56 Å². The minimum atomic E-state index is -0.0925. The van der Waals surface area contributed by atoms with E-state index in [0.29, 0.717) is 18.6 Å². The summed E-state index contributed by atoms with van der Waals surface area (Å²) >= 11 is 0. The molecule has 0 unspecified atom stereocenters. The van der Waals surface area contributed by atoms with Gasteiger partial charge in [0.25, 0.3) is 5.56 Å². The summed E-state index contributed by atoms with van der Waals surface area (Å²) < 4.78 is 9.07. The first kappa shape index (κ1) is 19.1. The van der Waals surface area contributed by atoms with Crippen LogP contribution in [-0.4, -0.2) is 21.5 Å². The number of hydrogen-bond acceptors (Lipinski definition) is 3. The van der Waals surface area contributed by atoms with Crippen LogP contribution in [0.5, 0.6) is 5.75 Å². The summed E-state index contributed by atoms with van der Waals surface area (Å²) in [6, 6.07) is 24.3. The van der Waals surface area contributed by atoms with Gasteiger partial charge in [-0.2, -0.15) is 5.10 Å². The molecular formula is C26H23N3O2. The molecule has 0 radical (unpaired) electrons. The summed E-state index contributed by atoms with van der Waals surface area (Å²) in [6.07, 6.45) is 1.80.